The van der Waals surface area contributed by atoms with Crippen LogP contribution in [0.25, 0.3) is 0 Å². The molecule has 2 saturated carbocycles. The first-order valence-corrected chi connectivity index (χ1v) is 19.0. The Hall–Kier alpha value is -2.57. The summed E-state index contributed by atoms with van der Waals surface area (Å²) in [7, 11) is 0. The number of benzene rings is 2. The number of carbonyl (C=O) groups excluding carboxylic acids is 1. The van der Waals surface area contributed by atoms with E-state index in [9.17, 15) is 22.4 Å². The van der Waals surface area contributed by atoms with Gasteiger partial charge in [0.2, 0.25) is 11.6 Å². The van der Waals surface area contributed by atoms with Gasteiger partial charge in [-0.25, -0.2) is 8.78 Å². The first-order chi connectivity index (χ1) is 23.3. The van der Waals surface area contributed by atoms with E-state index in [0.29, 0.717) is 67.6 Å². The molecule has 0 unspecified atom stereocenters. The number of hydrogen-bond donors (Lipinski definition) is 0. The highest BCUT2D eigenvalue weighted by Gasteiger charge is 2.24. The topological polar surface area (TPSA) is 35.5 Å². The number of rotatable bonds is 20. The minimum atomic E-state index is -0.875. The van der Waals surface area contributed by atoms with Crippen LogP contribution < -0.4 is 9.47 Å². The molecule has 0 spiro atoms. The molecule has 0 bridgehead atoms. The number of hydrogen-bond acceptors (Lipinski definition) is 3. The first-order valence-electron chi connectivity index (χ1n) is 19.0. The Bertz CT molecular complexity index is 1170. The highest BCUT2D eigenvalue weighted by molar-refractivity contribution is 5.78. The average molecular weight is 675 g/mol. The van der Waals surface area contributed by atoms with E-state index in [1.165, 1.54) is 50.7 Å². The molecular formula is C41H58F4O3. The molecule has 0 atom stereocenters. The molecule has 0 aromatic heterocycles. The Kier molecular flexibility index (Phi) is 16.1. The molecule has 268 valence electrons. The van der Waals surface area contributed by atoms with E-state index in [1.807, 2.05) is 0 Å². The van der Waals surface area contributed by atoms with Gasteiger partial charge in [-0.2, -0.15) is 8.78 Å². The van der Waals surface area contributed by atoms with Crippen molar-refractivity contribution in [2.45, 2.75) is 142 Å². The second-order valence-corrected chi connectivity index (χ2v) is 14.4. The van der Waals surface area contributed by atoms with Crippen molar-refractivity contribution in [3.63, 3.8) is 0 Å². The van der Waals surface area contributed by atoms with Gasteiger partial charge in [-0.3, -0.25) is 4.79 Å². The summed E-state index contributed by atoms with van der Waals surface area (Å²) >= 11 is 0. The van der Waals surface area contributed by atoms with Crippen molar-refractivity contribution in [2.24, 2.45) is 23.7 Å². The standard InChI is InChI=1S/C41H58F4O3/c1-3-47-36-27-25-33(38(42)40(36)44)23-21-31-17-13-29(14-18-31)9-5-7-11-35(46)12-8-6-10-30-15-19-32(20-16-30)22-24-34-26-28-37(48-4-2)41(45)39(34)43/h25-32H,3-24H2,1-2H3. The highest BCUT2D eigenvalue weighted by Crippen LogP contribution is 2.36. The maximum absolute atomic E-state index is 14.4. The number of ketones is 1. The average Bonchev–Trinajstić information content (AvgIpc) is 3.10. The third-order valence-electron chi connectivity index (χ3n) is 11.1. The molecule has 48 heavy (non-hydrogen) atoms. The molecule has 0 saturated heterocycles. The van der Waals surface area contributed by atoms with Crippen molar-refractivity contribution in [3.8, 4) is 11.5 Å². The van der Waals surface area contributed by atoms with Crippen LogP contribution >= 0.6 is 0 Å². The summed E-state index contributed by atoms with van der Waals surface area (Å²) < 4.78 is 67.5. The van der Waals surface area contributed by atoms with Gasteiger partial charge < -0.3 is 9.47 Å². The van der Waals surface area contributed by atoms with Crippen molar-refractivity contribution in [1.29, 1.82) is 0 Å². The summed E-state index contributed by atoms with van der Waals surface area (Å²) in [6.45, 7) is 4.13. The minimum absolute atomic E-state index is 0.0126. The predicted molar refractivity (Wildman–Crippen MR) is 185 cm³/mol. The van der Waals surface area contributed by atoms with Crippen molar-refractivity contribution in [3.05, 3.63) is 58.7 Å². The lowest BCUT2D eigenvalue weighted by molar-refractivity contribution is -0.119. The van der Waals surface area contributed by atoms with Gasteiger partial charge in [0, 0.05) is 12.8 Å². The molecule has 0 heterocycles. The Morgan fingerprint density at radius 2 is 0.896 bits per heavy atom. The molecule has 7 heteroatoms. The second kappa shape index (κ2) is 20.2. The first kappa shape index (κ1) is 38.2. The van der Waals surface area contributed by atoms with Crippen LogP contribution in [0.2, 0.25) is 0 Å². The Morgan fingerprint density at radius 3 is 1.25 bits per heavy atom. The minimum Gasteiger partial charge on any atom is -0.491 e. The van der Waals surface area contributed by atoms with Gasteiger partial charge >= 0.3 is 0 Å². The molecule has 2 aromatic rings. The van der Waals surface area contributed by atoms with Crippen LogP contribution in [0, 0.1) is 46.9 Å². The lowest BCUT2D eigenvalue weighted by Gasteiger charge is -2.28. The summed E-state index contributed by atoms with van der Waals surface area (Å²) in [5.41, 5.74) is 0.885. The van der Waals surface area contributed by atoms with Gasteiger partial charge in [0.25, 0.3) is 0 Å². The van der Waals surface area contributed by atoms with Crippen LogP contribution in [0.1, 0.15) is 141 Å². The Labute approximate surface area is 286 Å². The predicted octanol–water partition coefficient (Wildman–Crippen LogP) is 11.9. The van der Waals surface area contributed by atoms with Crippen molar-refractivity contribution < 1.29 is 31.8 Å². The van der Waals surface area contributed by atoms with E-state index in [2.05, 4.69) is 0 Å². The summed E-state index contributed by atoms with van der Waals surface area (Å²) in [6.07, 6.45) is 20.3. The van der Waals surface area contributed by atoms with Crippen molar-refractivity contribution >= 4 is 5.78 Å². The van der Waals surface area contributed by atoms with E-state index in [-0.39, 0.29) is 11.5 Å². The van der Waals surface area contributed by atoms with E-state index < -0.39 is 23.3 Å². The summed E-state index contributed by atoms with van der Waals surface area (Å²) in [5.74, 6) is -0.320. The number of Topliss-reactive ketones (excluding diaryl/α,β-unsaturated/α-hetero) is 1. The zero-order valence-electron chi connectivity index (χ0n) is 29.4. The van der Waals surface area contributed by atoms with Gasteiger partial charge in [-0.1, -0.05) is 89.2 Å². The smallest absolute Gasteiger partial charge is 0.200 e. The summed E-state index contributed by atoms with van der Waals surface area (Å²) in [6, 6.07) is 6.40. The maximum Gasteiger partial charge on any atom is 0.200 e. The van der Waals surface area contributed by atoms with Gasteiger partial charge in [-0.05, 0) is 99.3 Å². The van der Waals surface area contributed by atoms with Crippen LogP contribution in [0.4, 0.5) is 17.6 Å². The highest BCUT2D eigenvalue weighted by atomic mass is 19.2. The third kappa shape index (κ3) is 11.8. The molecule has 0 aliphatic heterocycles. The fraction of sp³-hybridized carbons (Fsp3) is 0.683. The van der Waals surface area contributed by atoms with Gasteiger partial charge in [-0.15, -0.1) is 0 Å². The molecule has 2 aliphatic rings. The van der Waals surface area contributed by atoms with E-state index in [1.54, 1.807) is 26.0 Å². The second-order valence-electron chi connectivity index (χ2n) is 14.4. The third-order valence-corrected chi connectivity index (χ3v) is 11.1. The number of unbranched alkanes of at least 4 members (excludes halogenated alkanes) is 2. The monoisotopic (exact) mass is 674 g/mol. The number of carbonyl (C=O) groups is 1. The molecule has 2 aromatic carbocycles. The zero-order chi connectivity index (χ0) is 34.3. The number of aryl methyl sites for hydroxylation is 2. The maximum atomic E-state index is 14.4. The SMILES string of the molecule is CCOc1ccc(CCC2CCC(CCCCC(=O)CCCCC3CCC(CCc4ccc(OCC)c(F)c4F)CC3)CC2)c(F)c1F. The quantitative estimate of drug-likeness (QED) is 0.104. The molecule has 0 N–H and O–H groups in total. The lowest BCUT2D eigenvalue weighted by Crippen LogP contribution is -2.16. The van der Waals surface area contributed by atoms with Crippen LogP contribution in [-0.2, 0) is 17.6 Å². The van der Waals surface area contributed by atoms with E-state index in [0.717, 1.165) is 76.0 Å². The van der Waals surface area contributed by atoms with Crippen LogP contribution in [0.5, 0.6) is 11.5 Å². The van der Waals surface area contributed by atoms with Crippen LogP contribution in [0.3, 0.4) is 0 Å². The molecule has 3 nitrogen and oxygen atoms in total. The van der Waals surface area contributed by atoms with Gasteiger partial charge in [0.15, 0.2) is 23.1 Å². The summed E-state index contributed by atoms with van der Waals surface area (Å²) in [4.78, 5) is 12.5. The lowest BCUT2D eigenvalue weighted by atomic mass is 9.77. The van der Waals surface area contributed by atoms with Crippen molar-refractivity contribution in [2.75, 3.05) is 13.2 Å². The largest absolute Gasteiger partial charge is 0.491 e. The Morgan fingerprint density at radius 1 is 0.542 bits per heavy atom. The number of halogens is 4. The molecule has 2 aliphatic carbocycles. The molecule has 4 rings (SSSR count). The fourth-order valence-electron chi connectivity index (χ4n) is 8.04. The molecule has 0 radical (unpaired) electrons. The molecule has 0 amide bonds. The molecular weight excluding hydrogens is 616 g/mol. The van der Waals surface area contributed by atoms with Gasteiger partial charge in [0.05, 0.1) is 13.2 Å². The number of ether oxygens (including phenoxy) is 2. The fourth-order valence-corrected chi connectivity index (χ4v) is 8.04. The Balaban J connectivity index is 0.985. The van der Waals surface area contributed by atoms with E-state index >= 15 is 0 Å². The van der Waals surface area contributed by atoms with Crippen molar-refractivity contribution in [1.82, 2.24) is 0 Å². The summed E-state index contributed by atoms with van der Waals surface area (Å²) in [5, 5.41) is 0. The van der Waals surface area contributed by atoms with E-state index in [4.69, 9.17) is 9.47 Å². The molecule has 2 fully saturated rings. The van der Waals surface area contributed by atoms with Crippen LogP contribution in [0.15, 0.2) is 24.3 Å². The van der Waals surface area contributed by atoms with Gasteiger partial charge in [0.1, 0.15) is 5.78 Å². The van der Waals surface area contributed by atoms with Crippen LogP contribution in [-0.4, -0.2) is 19.0 Å². The normalized spacial score (nSPS) is 21.3. The zero-order valence-corrected chi connectivity index (χ0v) is 29.4.